The van der Waals surface area contributed by atoms with Crippen LogP contribution in [0.2, 0.25) is 0 Å². The summed E-state index contributed by atoms with van der Waals surface area (Å²) < 4.78 is 11.3. The predicted octanol–water partition coefficient (Wildman–Crippen LogP) is 4.30. The maximum atomic E-state index is 9.35. The summed E-state index contributed by atoms with van der Waals surface area (Å²) >= 11 is 4.94. The van der Waals surface area contributed by atoms with Gasteiger partial charge in [-0.3, -0.25) is 0 Å². The molecule has 2 rings (SSSR count). The zero-order chi connectivity index (χ0) is 15.4. The Morgan fingerprint density at radius 1 is 1.38 bits per heavy atom. The van der Waals surface area contributed by atoms with Gasteiger partial charge in [0.1, 0.15) is 11.1 Å². The lowest BCUT2D eigenvalue weighted by molar-refractivity contribution is 0.353. The largest absolute Gasteiger partial charge is 0.493 e. The molecule has 0 fully saturated rings. The molecule has 0 aliphatic rings. The van der Waals surface area contributed by atoms with Gasteiger partial charge in [-0.1, -0.05) is 0 Å². The van der Waals surface area contributed by atoms with Crippen LogP contribution < -0.4 is 9.47 Å². The van der Waals surface area contributed by atoms with E-state index in [0.717, 1.165) is 15.7 Å². The van der Waals surface area contributed by atoms with E-state index in [0.29, 0.717) is 22.1 Å². The number of hydrogen-bond acceptors (Lipinski definition) is 5. The van der Waals surface area contributed by atoms with Gasteiger partial charge in [0.25, 0.3) is 0 Å². The lowest BCUT2D eigenvalue weighted by Gasteiger charge is -2.11. The van der Waals surface area contributed by atoms with Crippen LogP contribution in [-0.4, -0.2) is 19.2 Å². The lowest BCUT2D eigenvalue weighted by Crippen LogP contribution is -1.93. The van der Waals surface area contributed by atoms with Crippen LogP contribution in [0.5, 0.6) is 11.5 Å². The van der Waals surface area contributed by atoms with E-state index >= 15 is 0 Å². The highest BCUT2D eigenvalue weighted by atomic mass is 79.9. The highest BCUT2D eigenvalue weighted by Crippen LogP contribution is 2.39. The van der Waals surface area contributed by atoms with Gasteiger partial charge in [0, 0.05) is 11.1 Å². The summed E-state index contributed by atoms with van der Waals surface area (Å²) in [6, 6.07) is 5.86. The summed E-state index contributed by atoms with van der Waals surface area (Å²) in [6.07, 6.45) is 1.78. The number of methoxy groups -OCH3 is 2. The van der Waals surface area contributed by atoms with E-state index in [-0.39, 0.29) is 0 Å². The van der Waals surface area contributed by atoms with Crippen molar-refractivity contribution in [3.8, 4) is 17.6 Å². The summed E-state index contributed by atoms with van der Waals surface area (Å²) in [5, 5.41) is 12.0. The van der Waals surface area contributed by atoms with Gasteiger partial charge in [-0.2, -0.15) is 5.26 Å². The average molecular weight is 365 g/mol. The summed E-state index contributed by atoms with van der Waals surface area (Å²) in [5.74, 6) is 1.23. The molecule has 0 N–H and O–H groups in total. The van der Waals surface area contributed by atoms with Crippen molar-refractivity contribution in [2.24, 2.45) is 0 Å². The topological polar surface area (TPSA) is 55.1 Å². The van der Waals surface area contributed by atoms with Crippen LogP contribution in [0, 0.1) is 18.3 Å². The highest BCUT2D eigenvalue weighted by Gasteiger charge is 2.13. The zero-order valence-corrected chi connectivity index (χ0v) is 14.2. The molecular weight excluding hydrogens is 352 g/mol. The molecule has 0 atom stereocenters. The van der Waals surface area contributed by atoms with Crippen LogP contribution in [0.1, 0.15) is 16.3 Å². The number of thiazole rings is 1. The van der Waals surface area contributed by atoms with Crippen molar-refractivity contribution in [1.29, 1.82) is 5.26 Å². The molecule has 0 spiro atoms. The van der Waals surface area contributed by atoms with Crippen LogP contribution in [0.4, 0.5) is 0 Å². The first-order valence-electron chi connectivity index (χ1n) is 6.05. The summed E-state index contributed by atoms with van der Waals surface area (Å²) in [7, 11) is 3.16. The summed E-state index contributed by atoms with van der Waals surface area (Å²) in [4.78, 5) is 4.34. The Bertz CT molecular complexity index is 732. The third-order valence-electron chi connectivity index (χ3n) is 2.78. The van der Waals surface area contributed by atoms with E-state index in [1.807, 2.05) is 18.4 Å². The van der Waals surface area contributed by atoms with Crippen molar-refractivity contribution in [3.05, 3.63) is 38.3 Å². The second-order valence-electron chi connectivity index (χ2n) is 4.17. The number of halogens is 1. The molecule has 1 heterocycles. The van der Waals surface area contributed by atoms with Crippen molar-refractivity contribution in [2.45, 2.75) is 6.92 Å². The minimum Gasteiger partial charge on any atom is -0.493 e. The van der Waals surface area contributed by atoms with Crippen LogP contribution >= 0.6 is 27.3 Å². The highest BCUT2D eigenvalue weighted by molar-refractivity contribution is 9.10. The first kappa shape index (κ1) is 15.5. The van der Waals surface area contributed by atoms with Crippen molar-refractivity contribution in [3.63, 3.8) is 0 Å². The zero-order valence-electron chi connectivity index (χ0n) is 11.8. The number of rotatable bonds is 4. The van der Waals surface area contributed by atoms with E-state index in [2.05, 4.69) is 27.0 Å². The number of benzene rings is 1. The molecule has 0 radical (unpaired) electrons. The first-order valence-corrected chi connectivity index (χ1v) is 7.72. The van der Waals surface area contributed by atoms with Gasteiger partial charge in [0.15, 0.2) is 11.5 Å². The van der Waals surface area contributed by atoms with Gasteiger partial charge in [-0.15, -0.1) is 11.3 Å². The fourth-order valence-electron chi connectivity index (χ4n) is 1.79. The molecule has 4 nitrogen and oxygen atoms in total. The van der Waals surface area contributed by atoms with Crippen molar-refractivity contribution in [2.75, 3.05) is 14.2 Å². The fourth-order valence-corrected chi connectivity index (χ4v) is 3.16. The smallest absolute Gasteiger partial charge is 0.175 e. The third-order valence-corrected chi connectivity index (χ3v) is 4.60. The molecule has 108 valence electrons. The quantitative estimate of drug-likeness (QED) is 0.759. The normalized spacial score (nSPS) is 11.1. The molecule has 6 heteroatoms. The minimum absolute atomic E-state index is 0.515. The molecule has 0 saturated heterocycles. The summed E-state index contributed by atoms with van der Waals surface area (Å²) in [6.45, 7) is 1.90. The van der Waals surface area contributed by atoms with Crippen LogP contribution in [0.25, 0.3) is 11.6 Å². The van der Waals surface area contributed by atoms with Gasteiger partial charge in [-0.25, -0.2) is 4.98 Å². The maximum absolute atomic E-state index is 9.35. The van der Waals surface area contributed by atoms with Crippen LogP contribution in [0.3, 0.4) is 0 Å². The molecule has 0 aliphatic carbocycles. The number of nitriles is 1. The number of allylic oxidation sites excluding steroid dienone is 1. The Hall–Kier alpha value is -1.84. The van der Waals surface area contributed by atoms with E-state index in [9.17, 15) is 5.26 Å². The summed E-state index contributed by atoms with van der Waals surface area (Å²) in [5.41, 5.74) is 2.25. The Morgan fingerprint density at radius 2 is 2.14 bits per heavy atom. The van der Waals surface area contributed by atoms with E-state index in [1.165, 1.54) is 11.3 Å². The van der Waals surface area contributed by atoms with Gasteiger partial charge in [0.05, 0.1) is 24.3 Å². The van der Waals surface area contributed by atoms with Gasteiger partial charge in [0.2, 0.25) is 0 Å². The molecule has 0 amide bonds. The van der Waals surface area contributed by atoms with Gasteiger partial charge in [-0.05, 0) is 46.6 Å². The van der Waals surface area contributed by atoms with Crippen LogP contribution in [0.15, 0.2) is 22.0 Å². The Kier molecular flexibility index (Phi) is 4.99. The molecule has 0 bridgehead atoms. The molecule has 0 aliphatic heterocycles. The Morgan fingerprint density at radius 3 is 2.67 bits per heavy atom. The molecule has 0 saturated carbocycles. The number of hydrogen-bond donors (Lipinski definition) is 0. The minimum atomic E-state index is 0.515. The number of ether oxygens (including phenoxy) is 2. The Balaban J connectivity index is 2.51. The maximum Gasteiger partial charge on any atom is 0.175 e. The number of aromatic nitrogens is 1. The second kappa shape index (κ2) is 6.74. The molecule has 1 aromatic heterocycles. The number of nitrogens with zero attached hydrogens (tertiary/aromatic N) is 2. The van der Waals surface area contributed by atoms with Crippen molar-refractivity contribution in [1.82, 2.24) is 4.98 Å². The molecule has 21 heavy (non-hydrogen) atoms. The fraction of sp³-hybridized carbons (Fsp3) is 0.200. The molecule has 2 aromatic rings. The second-order valence-corrected chi connectivity index (χ2v) is 5.82. The van der Waals surface area contributed by atoms with Gasteiger partial charge < -0.3 is 9.47 Å². The van der Waals surface area contributed by atoms with Gasteiger partial charge >= 0.3 is 0 Å². The van der Waals surface area contributed by atoms with Crippen LogP contribution in [-0.2, 0) is 0 Å². The third kappa shape index (κ3) is 3.26. The lowest BCUT2D eigenvalue weighted by atomic mass is 10.1. The number of aryl methyl sites for hydroxylation is 1. The standard InChI is InChI=1S/C15H13BrN2O2S/c1-9-8-21-15(18-9)11(7-17)6-10-4-5-12(19-2)14(20-3)13(10)16/h4-6,8H,1-3H3/b11-6-. The SMILES string of the molecule is COc1ccc(/C=C(/C#N)c2nc(C)cs2)c(Br)c1OC. The van der Waals surface area contributed by atoms with Crippen molar-refractivity contribution < 1.29 is 9.47 Å². The average Bonchev–Trinajstić information content (AvgIpc) is 2.92. The van der Waals surface area contributed by atoms with E-state index in [4.69, 9.17) is 9.47 Å². The Labute approximate surface area is 135 Å². The van der Waals surface area contributed by atoms with Crippen molar-refractivity contribution >= 4 is 38.9 Å². The van der Waals surface area contributed by atoms with E-state index in [1.54, 1.807) is 26.4 Å². The first-order chi connectivity index (χ1) is 10.1. The molecule has 1 aromatic carbocycles. The molecular formula is C15H13BrN2O2S. The predicted molar refractivity (Wildman–Crippen MR) is 87.6 cm³/mol. The monoisotopic (exact) mass is 364 g/mol. The molecule has 0 unspecified atom stereocenters. The van der Waals surface area contributed by atoms with E-state index < -0.39 is 0 Å².